The molecule has 418 valence electrons. The van der Waals surface area contributed by atoms with E-state index in [-0.39, 0.29) is 50.7 Å². The van der Waals surface area contributed by atoms with Crippen LogP contribution in [0.25, 0.3) is 11.0 Å². The van der Waals surface area contributed by atoms with Gasteiger partial charge in [0.15, 0.2) is 0 Å². The number of hydrogen-bond acceptors (Lipinski definition) is 19. The standard InChI is InChI=1S/C49H76N10O16/c1-3-30-49(75)59(23-28-20-27(12-14-31(28)54-30)48(74)58(2)24-39-55-32-10-6-7-11-33(32)56-39)19-9-5-4-8-18-51-47(73)34(15-17-41(67)53-22-36(63)43(69)45(71)38(65)26-61)57-46(72)29(50)13-16-40(66)52-21-35(62)42(68)44(70)37(64)25-60/h6-7,10-12,14,20,29-30,34-38,42-45,54,60-65,68-71H,3-5,8-9,13,15-19,21-26,50H2,1-2H3,(H,51,73)(H,52,66)(H,53,67)(H,55,56)(H,57,72)/t29-,30-,34-,35+,36-,37-,38+,42-,43+,44-,45+/m0/s1. The Bertz CT molecular complexity index is 2290. The molecule has 11 atom stereocenters. The molecular weight excluding hydrogens is 985 g/mol. The minimum atomic E-state index is -1.94. The lowest BCUT2D eigenvalue weighted by Gasteiger charge is -2.26. The average molecular weight is 1060 g/mol. The minimum absolute atomic E-state index is 0.0726. The van der Waals surface area contributed by atoms with Crippen molar-refractivity contribution < 1.29 is 79.8 Å². The maximum absolute atomic E-state index is 13.7. The molecule has 1 aromatic heterocycles. The van der Waals surface area contributed by atoms with E-state index < -0.39 is 123 Å². The zero-order valence-electron chi connectivity index (χ0n) is 42.3. The maximum atomic E-state index is 13.7. The Morgan fingerprint density at radius 3 is 1.96 bits per heavy atom. The number of aromatic amines is 1. The fourth-order valence-electron chi connectivity index (χ4n) is 8.15. The van der Waals surface area contributed by atoms with Crippen LogP contribution < -0.4 is 32.3 Å². The molecule has 75 heavy (non-hydrogen) atoms. The molecule has 0 saturated carbocycles. The third-order valence-electron chi connectivity index (χ3n) is 12.9. The summed E-state index contributed by atoms with van der Waals surface area (Å²) in [6, 6.07) is 9.81. The number of fused-ring (bicyclic) bond motifs is 2. The van der Waals surface area contributed by atoms with E-state index in [1.54, 1.807) is 29.0 Å². The van der Waals surface area contributed by atoms with E-state index in [4.69, 9.17) is 15.9 Å². The van der Waals surface area contributed by atoms with Gasteiger partial charge in [0.1, 0.15) is 54.5 Å². The van der Waals surface area contributed by atoms with Gasteiger partial charge >= 0.3 is 0 Å². The van der Waals surface area contributed by atoms with E-state index in [1.807, 2.05) is 37.3 Å². The Labute approximate surface area is 433 Å². The topological polar surface area (TPSA) is 426 Å². The van der Waals surface area contributed by atoms with Crippen molar-refractivity contribution in [2.45, 2.75) is 145 Å². The van der Waals surface area contributed by atoms with Crippen LogP contribution in [0.3, 0.4) is 0 Å². The molecule has 4 rings (SSSR count). The third-order valence-corrected chi connectivity index (χ3v) is 12.9. The minimum Gasteiger partial charge on any atom is -0.394 e. The van der Waals surface area contributed by atoms with Crippen LogP contribution in [-0.4, -0.2) is 220 Å². The molecule has 1 aliphatic rings. The van der Waals surface area contributed by atoms with Gasteiger partial charge in [0.25, 0.3) is 5.91 Å². The van der Waals surface area contributed by atoms with Crippen LogP contribution in [-0.2, 0) is 37.1 Å². The van der Waals surface area contributed by atoms with Crippen LogP contribution in [0.1, 0.15) is 86.5 Å². The van der Waals surface area contributed by atoms with Crippen LogP contribution >= 0.6 is 0 Å². The van der Waals surface area contributed by atoms with Gasteiger partial charge in [-0.3, -0.25) is 28.8 Å². The Hall–Kier alpha value is -5.91. The van der Waals surface area contributed by atoms with Crippen LogP contribution in [0.2, 0.25) is 0 Å². The second-order valence-corrected chi connectivity index (χ2v) is 18.8. The molecule has 0 spiro atoms. The summed E-state index contributed by atoms with van der Waals surface area (Å²) in [6.07, 6.45) is -13.0. The van der Waals surface area contributed by atoms with Gasteiger partial charge in [-0.25, -0.2) is 4.98 Å². The number of para-hydroxylation sites is 2. The van der Waals surface area contributed by atoms with E-state index in [2.05, 4.69) is 36.6 Å². The van der Waals surface area contributed by atoms with Gasteiger partial charge < -0.3 is 98.2 Å². The highest BCUT2D eigenvalue weighted by Gasteiger charge is 2.33. The Morgan fingerprint density at radius 2 is 1.36 bits per heavy atom. The molecule has 0 radical (unpaired) electrons. The normalized spacial score (nSPS) is 17.6. The summed E-state index contributed by atoms with van der Waals surface area (Å²) in [5.74, 6) is -2.63. The van der Waals surface area contributed by atoms with Crippen LogP contribution in [0.4, 0.5) is 5.69 Å². The highest BCUT2D eigenvalue weighted by molar-refractivity contribution is 5.95. The first kappa shape index (κ1) is 61.6. The number of aromatic nitrogens is 2. The molecule has 26 heteroatoms. The Balaban J connectivity index is 1.29. The van der Waals surface area contributed by atoms with Crippen molar-refractivity contribution in [3.8, 4) is 0 Å². The van der Waals surface area contributed by atoms with Gasteiger partial charge in [-0.15, -0.1) is 0 Å². The summed E-state index contributed by atoms with van der Waals surface area (Å²) < 4.78 is 0. The van der Waals surface area contributed by atoms with E-state index in [1.165, 1.54) is 0 Å². The zero-order valence-corrected chi connectivity index (χ0v) is 42.3. The Morgan fingerprint density at radius 1 is 0.773 bits per heavy atom. The molecule has 3 aromatic rings. The number of nitrogens with one attached hydrogen (secondary N) is 6. The average Bonchev–Trinajstić information content (AvgIpc) is 3.77. The highest BCUT2D eigenvalue weighted by atomic mass is 16.4. The van der Waals surface area contributed by atoms with Crippen LogP contribution in [0.15, 0.2) is 42.5 Å². The summed E-state index contributed by atoms with van der Waals surface area (Å²) in [4.78, 5) is 90.3. The fraction of sp³-hybridized carbons (Fsp3) is 0.612. The van der Waals surface area contributed by atoms with Gasteiger partial charge in [0, 0.05) is 63.9 Å². The van der Waals surface area contributed by atoms with Gasteiger partial charge in [-0.05, 0) is 68.0 Å². The molecule has 18 N–H and O–H groups in total. The molecule has 2 heterocycles. The molecule has 0 aliphatic carbocycles. The first-order valence-electron chi connectivity index (χ1n) is 25.1. The van der Waals surface area contributed by atoms with Gasteiger partial charge in [0.2, 0.25) is 29.5 Å². The number of carbonyl (C=O) groups excluding carboxylic acids is 6. The molecule has 2 aromatic carbocycles. The zero-order chi connectivity index (χ0) is 55.4. The van der Waals surface area contributed by atoms with Crippen molar-refractivity contribution in [2.75, 3.05) is 51.8 Å². The number of benzene rings is 2. The molecule has 0 unspecified atom stereocenters. The quantitative estimate of drug-likeness (QED) is 0.0262. The molecule has 6 amide bonds. The number of anilines is 1. The predicted molar refractivity (Wildman–Crippen MR) is 270 cm³/mol. The second-order valence-electron chi connectivity index (χ2n) is 18.8. The van der Waals surface area contributed by atoms with E-state index in [9.17, 15) is 69.6 Å². The number of amides is 6. The van der Waals surface area contributed by atoms with Crippen LogP contribution in [0, 0.1) is 0 Å². The number of H-pyrrole nitrogens is 1. The van der Waals surface area contributed by atoms with E-state index in [0.717, 1.165) is 22.3 Å². The largest absolute Gasteiger partial charge is 0.394 e. The number of aliphatic hydroxyl groups excluding tert-OH is 10. The summed E-state index contributed by atoms with van der Waals surface area (Å²) in [5, 5.41) is 110. The monoisotopic (exact) mass is 1060 g/mol. The highest BCUT2D eigenvalue weighted by Crippen LogP contribution is 2.27. The first-order valence-corrected chi connectivity index (χ1v) is 25.1. The van der Waals surface area contributed by atoms with E-state index >= 15 is 0 Å². The van der Waals surface area contributed by atoms with Gasteiger partial charge in [0.05, 0.1) is 49.0 Å². The summed E-state index contributed by atoms with van der Waals surface area (Å²) in [7, 11) is 1.70. The van der Waals surface area contributed by atoms with Crippen molar-refractivity contribution in [1.29, 1.82) is 0 Å². The Kier molecular flexibility index (Phi) is 25.1. The lowest BCUT2D eigenvalue weighted by Crippen LogP contribution is -2.52. The number of carbonyl (C=O) groups is 6. The summed E-state index contributed by atoms with van der Waals surface area (Å²) in [6.45, 7) is 0.0874. The van der Waals surface area contributed by atoms with Gasteiger partial charge in [-0.1, -0.05) is 31.9 Å². The maximum Gasteiger partial charge on any atom is 0.254 e. The van der Waals surface area contributed by atoms with Gasteiger partial charge in [-0.2, -0.15) is 0 Å². The number of hydrogen-bond donors (Lipinski definition) is 17. The van der Waals surface area contributed by atoms with Crippen molar-refractivity contribution >= 4 is 52.2 Å². The SMILES string of the molecule is CC[C@@H]1Nc2ccc(C(=O)N(C)Cc3nc4ccccc4[nH]3)cc2CN(CCCCCCNC(=O)[C@H](CCC(=O)NC[C@H](O)[C@@H](O)[C@H](O)[C@H](O)CO)NC(=O)[C@@H](N)CCC(=O)NC[C@@H](O)[C@H](O)[C@@H](O)[C@@H](O)CO)C1=O. The van der Waals surface area contributed by atoms with Crippen LogP contribution in [0.5, 0.6) is 0 Å². The molecule has 1 aliphatic heterocycles. The number of unbranched alkanes of at least 4 members (excludes halogenated alkanes) is 3. The molecule has 26 nitrogen and oxygen atoms in total. The lowest BCUT2D eigenvalue weighted by atomic mass is 10.0. The summed E-state index contributed by atoms with van der Waals surface area (Å²) >= 11 is 0. The number of nitrogens with two attached hydrogens (primary N) is 1. The fourth-order valence-corrected chi connectivity index (χ4v) is 8.15. The van der Waals surface area contributed by atoms with Crippen molar-refractivity contribution in [3.05, 3.63) is 59.4 Å². The second kappa shape index (κ2) is 30.6. The molecular formula is C49H76N10O16. The first-order chi connectivity index (χ1) is 35.7. The molecule has 0 fully saturated rings. The lowest BCUT2D eigenvalue weighted by molar-refractivity contribution is -0.132. The van der Waals surface area contributed by atoms with Crippen molar-refractivity contribution in [1.82, 2.24) is 41.0 Å². The van der Waals surface area contributed by atoms with Crippen molar-refractivity contribution in [2.24, 2.45) is 5.73 Å². The van der Waals surface area contributed by atoms with E-state index in [0.29, 0.717) is 50.0 Å². The predicted octanol–water partition coefficient (Wildman–Crippen LogP) is -4.48. The van der Waals surface area contributed by atoms with Crippen molar-refractivity contribution in [3.63, 3.8) is 0 Å². The smallest absolute Gasteiger partial charge is 0.254 e. The molecule has 0 bridgehead atoms. The third kappa shape index (κ3) is 18.7. The number of nitrogens with zero attached hydrogens (tertiary/aromatic N) is 3. The summed E-state index contributed by atoms with van der Waals surface area (Å²) in [5.41, 5.74) is 9.74. The number of imidazole rings is 1. The number of aliphatic hydroxyl groups is 10. The molecule has 0 saturated heterocycles. The number of rotatable bonds is 32.